The van der Waals surface area contributed by atoms with E-state index in [0.717, 1.165) is 14.6 Å². The molecule has 2 N–H and O–H groups in total. The van der Waals surface area contributed by atoms with Gasteiger partial charge in [0.1, 0.15) is 0 Å². The van der Waals surface area contributed by atoms with Crippen LogP contribution in [-0.2, 0) is 10.0 Å². The Morgan fingerprint density at radius 2 is 2.00 bits per heavy atom. The summed E-state index contributed by atoms with van der Waals surface area (Å²) in [4.78, 5) is 16.7. The summed E-state index contributed by atoms with van der Waals surface area (Å²) in [6.45, 7) is 0. The van der Waals surface area contributed by atoms with Gasteiger partial charge in [0.25, 0.3) is 15.9 Å². The maximum absolute atomic E-state index is 13.1. The summed E-state index contributed by atoms with van der Waals surface area (Å²) in [6, 6.07) is 13.5. The molecule has 28 heavy (non-hydrogen) atoms. The van der Waals surface area contributed by atoms with Crippen LogP contribution in [0, 0.1) is 0 Å². The van der Waals surface area contributed by atoms with Crippen molar-refractivity contribution >= 4 is 71.4 Å². The van der Waals surface area contributed by atoms with Crippen LogP contribution in [0.15, 0.2) is 57.8 Å². The first-order chi connectivity index (χ1) is 13.5. The highest BCUT2D eigenvalue weighted by Crippen LogP contribution is 2.37. The van der Waals surface area contributed by atoms with E-state index in [1.807, 2.05) is 6.26 Å². The van der Waals surface area contributed by atoms with E-state index in [1.165, 1.54) is 17.4 Å². The molecule has 0 unspecified atom stereocenters. The fourth-order valence-corrected chi connectivity index (χ4v) is 6.14. The topological polar surface area (TPSA) is 88.2 Å². The van der Waals surface area contributed by atoms with Crippen LogP contribution >= 0.6 is 23.1 Å². The van der Waals surface area contributed by atoms with Crippen molar-refractivity contribution in [2.24, 2.45) is 0 Å². The van der Waals surface area contributed by atoms with Crippen LogP contribution in [0.2, 0.25) is 0 Å². The molecule has 1 aliphatic heterocycles. The van der Waals surface area contributed by atoms with Crippen molar-refractivity contribution in [1.29, 1.82) is 0 Å². The van der Waals surface area contributed by atoms with E-state index in [2.05, 4.69) is 15.0 Å². The Hall–Kier alpha value is -2.62. The van der Waals surface area contributed by atoms with Gasteiger partial charge in [-0.15, -0.1) is 11.3 Å². The number of nitrogens with zero attached hydrogens (tertiary/aromatic N) is 1. The van der Waals surface area contributed by atoms with E-state index in [1.54, 1.807) is 54.2 Å². The van der Waals surface area contributed by atoms with Crippen molar-refractivity contribution in [1.82, 2.24) is 4.98 Å². The molecule has 1 aromatic heterocycles. The number of carbonyl (C=O) groups excluding carboxylic acids is 1. The predicted octanol–water partition coefficient (Wildman–Crippen LogP) is 4.54. The Morgan fingerprint density at radius 3 is 2.82 bits per heavy atom. The average molecular weight is 428 g/mol. The molecule has 9 heteroatoms. The first-order valence-electron chi connectivity index (χ1n) is 8.31. The quantitative estimate of drug-likeness (QED) is 0.467. The summed E-state index contributed by atoms with van der Waals surface area (Å²) >= 11 is 3.08. The summed E-state index contributed by atoms with van der Waals surface area (Å²) in [5, 5.41) is 3.92. The van der Waals surface area contributed by atoms with Crippen LogP contribution in [0.3, 0.4) is 0 Å². The summed E-state index contributed by atoms with van der Waals surface area (Å²) in [7, 11) is -3.84. The number of rotatable bonds is 4. The monoisotopic (exact) mass is 427 g/mol. The SMILES string of the molecule is CSc1nc2ccc(NS(=O)(=O)c3ccc4c5c(cccc35)C(=O)N4)cc2s1. The second kappa shape index (κ2) is 6.20. The molecule has 0 radical (unpaired) electrons. The van der Waals surface area contributed by atoms with Crippen molar-refractivity contribution in [2.45, 2.75) is 9.24 Å². The molecule has 0 fully saturated rings. The number of benzene rings is 3. The molecule has 2 heterocycles. The van der Waals surface area contributed by atoms with Gasteiger partial charge in [0.05, 0.1) is 20.8 Å². The molecule has 5 rings (SSSR count). The number of hydrogen-bond acceptors (Lipinski definition) is 6. The third-order valence-corrected chi connectivity index (χ3v) is 8.02. The maximum Gasteiger partial charge on any atom is 0.262 e. The molecule has 1 amide bonds. The summed E-state index contributed by atoms with van der Waals surface area (Å²) < 4.78 is 30.7. The number of nitrogens with one attached hydrogen (secondary N) is 2. The van der Waals surface area contributed by atoms with Gasteiger partial charge in [0.15, 0.2) is 4.34 Å². The van der Waals surface area contributed by atoms with Crippen LogP contribution in [0.5, 0.6) is 0 Å². The van der Waals surface area contributed by atoms with E-state index in [9.17, 15) is 13.2 Å². The third kappa shape index (κ3) is 2.66. The van der Waals surface area contributed by atoms with E-state index in [-0.39, 0.29) is 10.8 Å². The molecule has 3 aromatic carbocycles. The predicted molar refractivity (Wildman–Crippen MR) is 114 cm³/mol. The van der Waals surface area contributed by atoms with Crippen LogP contribution in [0.4, 0.5) is 11.4 Å². The highest BCUT2D eigenvalue weighted by Gasteiger charge is 2.26. The van der Waals surface area contributed by atoms with E-state index >= 15 is 0 Å². The Morgan fingerprint density at radius 1 is 1.14 bits per heavy atom. The second-order valence-electron chi connectivity index (χ2n) is 6.27. The number of anilines is 2. The minimum absolute atomic E-state index is 0.138. The minimum atomic E-state index is -3.84. The average Bonchev–Trinajstić information content (AvgIpc) is 3.23. The first kappa shape index (κ1) is 17.5. The highest BCUT2D eigenvalue weighted by atomic mass is 32.2. The lowest BCUT2D eigenvalue weighted by Crippen LogP contribution is -2.13. The van der Waals surface area contributed by atoms with Crippen LogP contribution in [0.25, 0.3) is 21.0 Å². The number of thioether (sulfide) groups is 1. The van der Waals surface area contributed by atoms with Crippen molar-refractivity contribution in [3.63, 3.8) is 0 Å². The van der Waals surface area contributed by atoms with Gasteiger partial charge in [-0.1, -0.05) is 23.9 Å². The van der Waals surface area contributed by atoms with Crippen LogP contribution < -0.4 is 10.0 Å². The number of amides is 1. The fraction of sp³-hybridized carbons (Fsp3) is 0.0526. The Labute approximate surface area is 169 Å². The van der Waals surface area contributed by atoms with Gasteiger partial charge in [-0.05, 0) is 42.7 Å². The van der Waals surface area contributed by atoms with Crippen molar-refractivity contribution in [3.05, 3.63) is 54.1 Å². The van der Waals surface area contributed by atoms with E-state index in [0.29, 0.717) is 27.7 Å². The molecule has 0 saturated heterocycles. The lowest BCUT2D eigenvalue weighted by molar-refractivity contribution is 0.103. The molecular weight excluding hydrogens is 414 g/mol. The lowest BCUT2D eigenvalue weighted by atomic mass is 10.1. The first-order valence-corrected chi connectivity index (χ1v) is 11.8. The number of thiazole rings is 1. The number of fused-ring (bicyclic) bond motifs is 1. The lowest BCUT2D eigenvalue weighted by Gasteiger charge is -2.11. The van der Waals surface area contributed by atoms with Gasteiger partial charge < -0.3 is 5.32 Å². The van der Waals surface area contributed by atoms with Gasteiger partial charge in [-0.2, -0.15) is 0 Å². The summed E-state index contributed by atoms with van der Waals surface area (Å²) in [5.74, 6) is -0.219. The molecule has 6 nitrogen and oxygen atoms in total. The van der Waals surface area contributed by atoms with Gasteiger partial charge in [-0.3, -0.25) is 9.52 Å². The van der Waals surface area contributed by atoms with Gasteiger partial charge >= 0.3 is 0 Å². The van der Waals surface area contributed by atoms with Crippen molar-refractivity contribution in [3.8, 4) is 0 Å². The zero-order valence-electron chi connectivity index (χ0n) is 14.5. The van der Waals surface area contributed by atoms with Crippen LogP contribution in [0.1, 0.15) is 10.4 Å². The molecule has 0 bridgehead atoms. The van der Waals surface area contributed by atoms with Gasteiger partial charge in [0, 0.05) is 22.0 Å². The zero-order valence-corrected chi connectivity index (χ0v) is 17.0. The Balaban J connectivity index is 1.60. The molecule has 0 saturated carbocycles. The molecule has 4 aromatic rings. The smallest absolute Gasteiger partial charge is 0.262 e. The van der Waals surface area contributed by atoms with Crippen molar-refractivity contribution < 1.29 is 13.2 Å². The number of carbonyl (C=O) groups is 1. The molecule has 0 spiro atoms. The normalized spacial score (nSPS) is 13.2. The standard InChI is InChI=1S/C19H13N3O3S3/c1-26-19-21-13-6-5-10(9-15(13)27-19)22-28(24,25)16-8-7-14-17-11(16)3-2-4-12(17)18(23)20-14/h2-9,22H,1H3,(H,20,23). The van der Waals surface area contributed by atoms with Crippen LogP contribution in [-0.4, -0.2) is 25.6 Å². The highest BCUT2D eigenvalue weighted by molar-refractivity contribution is 8.00. The number of sulfonamides is 1. The minimum Gasteiger partial charge on any atom is -0.321 e. The van der Waals surface area contributed by atoms with E-state index in [4.69, 9.17) is 0 Å². The molecular formula is C19H13N3O3S3. The van der Waals surface area contributed by atoms with E-state index < -0.39 is 10.0 Å². The maximum atomic E-state index is 13.1. The van der Waals surface area contributed by atoms with Crippen molar-refractivity contribution in [2.75, 3.05) is 16.3 Å². The second-order valence-corrected chi connectivity index (χ2v) is 10.0. The van der Waals surface area contributed by atoms with Gasteiger partial charge in [0.2, 0.25) is 0 Å². The summed E-state index contributed by atoms with van der Waals surface area (Å²) in [6.07, 6.45) is 1.95. The number of aromatic nitrogens is 1. The largest absolute Gasteiger partial charge is 0.321 e. The van der Waals surface area contributed by atoms with Gasteiger partial charge in [-0.25, -0.2) is 13.4 Å². The Bertz CT molecular complexity index is 1390. The zero-order chi connectivity index (χ0) is 19.5. The molecule has 0 atom stereocenters. The molecule has 1 aliphatic rings. The molecule has 0 aliphatic carbocycles. The fourth-order valence-electron chi connectivity index (χ4n) is 3.36. The number of hydrogen-bond donors (Lipinski definition) is 2. The molecule has 140 valence electrons. The summed E-state index contributed by atoms with van der Waals surface area (Å²) in [5.41, 5.74) is 2.43. The third-order valence-electron chi connectivity index (χ3n) is 4.58. The Kier molecular flexibility index (Phi) is 3.87.